The molecule has 1 aromatic heterocycles. The van der Waals surface area contributed by atoms with Gasteiger partial charge in [0.25, 0.3) is 0 Å². The molecule has 3 rings (SSSR count). The fourth-order valence-corrected chi connectivity index (χ4v) is 2.94. The summed E-state index contributed by atoms with van der Waals surface area (Å²) in [7, 11) is 0. The minimum absolute atomic E-state index is 0.0110. The van der Waals surface area contributed by atoms with Crippen LogP contribution in [-0.2, 0) is 16.6 Å². The molecule has 0 aliphatic heterocycles. The van der Waals surface area contributed by atoms with Gasteiger partial charge in [0.15, 0.2) is 0 Å². The van der Waals surface area contributed by atoms with Crippen molar-refractivity contribution in [3.05, 3.63) is 65.5 Å². The molecule has 0 aliphatic rings. The Morgan fingerprint density at radius 1 is 1.11 bits per heavy atom. The normalized spacial score (nSPS) is 11.4. The van der Waals surface area contributed by atoms with E-state index >= 15 is 0 Å². The van der Waals surface area contributed by atoms with E-state index in [0.717, 1.165) is 16.8 Å². The van der Waals surface area contributed by atoms with Crippen molar-refractivity contribution in [2.75, 3.05) is 5.32 Å². The summed E-state index contributed by atoms with van der Waals surface area (Å²) in [5, 5.41) is 6.98. The predicted octanol–water partition coefficient (Wildman–Crippen LogP) is 5.30. The Bertz CT molecular complexity index is 937. The lowest BCUT2D eigenvalue weighted by molar-refractivity contribution is -0.116. The van der Waals surface area contributed by atoms with Gasteiger partial charge in [-0.15, -0.1) is 0 Å². The second-order valence-electron chi connectivity index (χ2n) is 8.11. The van der Waals surface area contributed by atoms with E-state index in [9.17, 15) is 4.79 Å². The van der Waals surface area contributed by atoms with Gasteiger partial charge in [0.1, 0.15) is 0 Å². The number of aryl methyl sites for hydroxylation is 2. The van der Waals surface area contributed by atoms with Crippen molar-refractivity contribution in [3.63, 3.8) is 0 Å². The van der Waals surface area contributed by atoms with Crippen LogP contribution in [0.25, 0.3) is 11.4 Å². The summed E-state index contributed by atoms with van der Waals surface area (Å²) < 4.78 is 5.34. The van der Waals surface area contributed by atoms with Gasteiger partial charge in [0.05, 0.1) is 0 Å². The zero-order valence-corrected chi connectivity index (χ0v) is 17.0. The number of nitrogens with zero attached hydrogens (tertiary/aromatic N) is 2. The highest BCUT2D eigenvalue weighted by atomic mass is 16.5. The topological polar surface area (TPSA) is 68.0 Å². The van der Waals surface area contributed by atoms with Crippen LogP contribution in [0, 0.1) is 6.92 Å². The van der Waals surface area contributed by atoms with Crippen LogP contribution in [0.5, 0.6) is 0 Å². The van der Waals surface area contributed by atoms with Crippen LogP contribution in [0.1, 0.15) is 50.6 Å². The first-order valence-corrected chi connectivity index (χ1v) is 9.61. The summed E-state index contributed by atoms with van der Waals surface area (Å²) in [5.74, 6) is 1.13. The maximum atomic E-state index is 12.1. The quantitative estimate of drug-likeness (QED) is 0.632. The number of nitrogens with one attached hydrogen (secondary N) is 1. The molecule has 5 nitrogen and oxygen atoms in total. The van der Waals surface area contributed by atoms with E-state index in [2.05, 4.69) is 48.4 Å². The van der Waals surface area contributed by atoms with Crippen LogP contribution in [0.4, 0.5) is 5.69 Å². The highest BCUT2D eigenvalue weighted by molar-refractivity contribution is 5.90. The minimum atomic E-state index is -0.0110. The molecule has 5 heteroatoms. The van der Waals surface area contributed by atoms with Gasteiger partial charge in [0.2, 0.25) is 17.6 Å². The molecular formula is C23H27N3O2. The molecular weight excluding hydrogens is 350 g/mol. The molecule has 0 unspecified atom stereocenters. The van der Waals surface area contributed by atoms with Gasteiger partial charge in [0, 0.05) is 24.1 Å². The fourth-order valence-electron chi connectivity index (χ4n) is 2.94. The minimum Gasteiger partial charge on any atom is -0.339 e. The van der Waals surface area contributed by atoms with Gasteiger partial charge in [-0.05, 0) is 42.0 Å². The number of amides is 1. The third-order valence-corrected chi connectivity index (χ3v) is 4.57. The standard InChI is InChI=1S/C23H27N3O2/c1-16-7-5-8-19(15-16)24-20(27)9-6-10-21-25-22(26-28-21)17-11-13-18(14-12-17)23(2,3)4/h5,7-8,11-15H,6,9-10H2,1-4H3,(H,24,27). The van der Waals surface area contributed by atoms with Crippen molar-refractivity contribution < 1.29 is 9.32 Å². The third kappa shape index (κ3) is 5.28. The zero-order valence-electron chi connectivity index (χ0n) is 17.0. The highest BCUT2D eigenvalue weighted by Gasteiger charge is 2.15. The van der Waals surface area contributed by atoms with E-state index in [1.807, 2.05) is 43.3 Å². The number of carbonyl (C=O) groups excluding carboxylic acids is 1. The summed E-state index contributed by atoms with van der Waals surface area (Å²) in [5.41, 5.74) is 4.25. The van der Waals surface area contributed by atoms with Crippen molar-refractivity contribution in [2.45, 2.75) is 52.4 Å². The summed E-state index contributed by atoms with van der Waals surface area (Å²) in [6.07, 6.45) is 1.64. The predicted molar refractivity (Wildman–Crippen MR) is 111 cm³/mol. The average Bonchev–Trinajstić information content (AvgIpc) is 3.10. The molecule has 1 heterocycles. The molecule has 1 N–H and O–H groups in total. The Morgan fingerprint density at radius 2 is 1.86 bits per heavy atom. The molecule has 2 aromatic carbocycles. The molecule has 0 bridgehead atoms. The Morgan fingerprint density at radius 3 is 2.54 bits per heavy atom. The SMILES string of the molecule is Cc1cccc(NC(=O)CCCc2nc(-c3ccc(C(C)(C)C)cc3)no2)c1. The molecule has 146 valence electrons. The number of anilines is 1. The number of aromatic nitrogens is 2. The van der Waals surface area contributed by atoms with E-state index in [4.69, 9.17) is 4.52 Å². The molecule has 3 aromatic rings. The smallest absolute Gasteiger partial charge is 0.226 e. The number of carbonyl (C=O) groups is 1. The summed E-state index contributed by atoms with van der Waals surface area (Å²) in [6, 6.07) is 16.0. The van der Waals surface area contributed by atoms with E-state index in [1.54, 1.807) is 0 Å². The van der Waals surface area contributed by atoms with Gasteiger partial charge in [-0.2, -0.15) is 4.98 Å². The van der Waals surface area contributed by atoms with Gasteiger partial charge in [-0.1, -0.05) is 62.3 Å². The second-order valence-corrected chi connectivity index (χ2v) is 8.11. The van der Waals surface area contributed by atoms with Crippen molar-refractivity contribution in [2.24, 2.45) is 0 Å². The largest absolute Gasteiger partial charge is 0.339 e. The van der Waals surface area contributed by atoms with Crippen LogP contribution >= 0.6 is 0 Å². The summed E-state index contributed by atoms with van der Waals surface area (Å²) in [4.78, 5) is 16.5. The molecule has 0 spiro atoms. The van der Waals surface area contributed by atoms with Crippen LogP contribution in [0.15, 0.2) is 53.1 Å². The molecule has 0 fully saturated rings. The van der Waals surface area contributed by atoms with Gasteiger partial charge in [-0.25, -0.2) is 0 Å². The van der Waals surface area contributed by atoms with Crippen LogP contribution < -0.4 is 5.32 Å². The van der Waals surface area contributed by atoms with Crippen molar-refractivity contribution in [1.29, 1.82) is 0 Å². The molecule has 0 saturated heterocycles. The monoisotopic (exact) mass is 377 g/mol. The summed E-state index contributed by atoms with van der Waals surface area (Å²) in [6.45, 7) is 8.55. The Hall–Kier alpha value is -2.95. The molecule has 0 aliphatic carbocycles. The maximum absolute atomic E-state index is 12.1. The Kier molecular flexibility index (Phi) is 5.93. The summed E-state index contributed by atoms with van der Waals surface area (Å²) >= 11 is 0. The van der Waals surface area contributed by atoms with Crippen molar-refractivity contribution in [3.8, 4) is 11.4 Å². The number of hydrogen-bond donors (Lipinski definition) is 1. The Balaban J connectivity index is 1.51. The number of rotatable bonds is 6. The van der Waals surface area contributed by atoms with Crippen molar-refractivity contribution in [1.82, 2.24) is 10.1 Å². The van der Waals surface area contributed by atoms with E-state index in [1.165, 1.54) is 5.56 Å². The van der Waals surface area contributed by atoms with E-state index in [-0.39, 0.29) is 11.3 Å². The van der Waals surface area contributed by atoms with Crippen molar-refractivity contribution >= 4 is 11.6 Å². The lowest BCUT2D eigenvalue weighted by Crippen LogP contribution is -2.11. The number of hydrogen-bond acceptors (Lipinski definition) is 4. The average molecular weight is 377 g/mol. The first kappa shape index (κ1) is 19.8. The van der Waals surface area contributed by atoms with Gasteiger partial charge in [-0.3, -0.25) is 4.79 Å². The molecule has 0 saturated carbocycles. The molecule has 28 heavy (non-hydrogen) atoms. The molecule has 0 radical (unpaired) electrons. The third-order valence-electron chi connectivity index (χ3n) is 4.57. The van der Waals surface area contributed by atoms with Crippen LogP contribution in [-0.4, -0.2) is 16.0 Å². The molecule has 0 atom stereocenters. The zero-order chi connectivity index (χ0) is 20.1. The van der Waals surface area contributed by atoms with E-state index < -0.39 is 0 Å². The lowest BCUT2D eigenvalue weighted by atomic mass is 9.87. The van der Waals surface area contributed by atoms with E-state index in [0.29, 0.717) is 31.0 Å². The highest BCUT2D eigenvalue weighted by Crippen LogP contribution is 2.25. The van der Waals surface area contributed by atoms with Gasteiger partial charge < -0.3 is 9.84 Å². The van der Waals surface area contributed by atoms with Gasteiger partial charge >= 0.3 is 0 Å². The first-order chi connectivity index (χ1) is 13.3. The maximum Gasteiger partial charge on any atom is 0.226 e. The Labute approximate surface area is 166 Å². The lowest BCUT2D eigenvalue weighted by Gasteiger charge is -2.18. The number of benzene rings is 2. The van der Waals surface area contributed by atoms with Crippen LogP contribution in [0.3, 0.4) is 0 Å². The second kappa shape index (κ2) is 8.38. The first-order valence-electron chi connectivity index (χ1n) is 9.61. The fraction of sp³-hybridized carbons (Fsp3) is 0.348. The molecule has 1 amide bonds. The van der Waals surface area contributed by atoms with Crippen LogP contribution in [0.2, 0.25) is 0 Å².